The molecule has 2 aromatic rings. The third-order valence-corrected chi connectivity index (χ3v) is 3.90. The summed E-state index contributed by atoms with van der Waals surface area (Å²) in [5, 5.41) is 9.34. The molecule has 0 saturated carbocycles. The van der Waals surface area contributed by atoms with Crippen LogP contribution in [0.15, 0.2) is 53.4 Å². The van der Waals surface area contributed by atoms with Gasteiger partial charge in [0.15, 0.2) is 0 Å². The topological polar surface area (TPSA) is 75.6 Å². The maximum absolute atomic E-state index is 12.2. The van der Waals surface area contributed by atoms with Gasteiger partial charge in [0.2, 0.25) is 0 Å². The van der Waals surface area contributed by atoms with Gasteiger partial charge in [-0.2, -0.15) is 0 Å². The summed E-state index contributed by atoms with van der Waals surface area (Å²) in [5.74, 6) is 0.486. The molecule has 0 aromatic heterocycles. The van der Waals surface area contributed by atoms with Crippen molar-refractivity contribution in [2.75, 3.05) is 11.3 Å². The normalized spacial score (nSPS) is 11.1. The van der Waals surface area contributed by atoms with E-state index in [4.69, 9.17) is 4.74 Å². The summed E-state index contributed by atoms with van der Waals surface area (Å²) in [6.45, 7) is 2.35. The Morgan fingerprint density at radius 2 is 1.90 bits per heavy atom. The number of benzene rings is 2. The van der Waals surface area contributed by atoms with Crippen LogP contribution in [0.1, 0.15) is 6.92 Å². The van der Waals surface area contributed by atoms with E-state index < -0.39 is 10.0 Å². The number of hydrogen-bond acceptors (Lipinski definition) is 4. The number of phenols is 1. The molecule has 0 atom stereocenters. The number of hydrogen-bond donors (Lipinski definition) is 2. The lowest BCUT2D eigenvalue weighted by Gasteiger charge is -2.10. The molecule has 0 amide bonds. The zero-order valence-electron chi connectivity index (χ0n) is 10.9. The van der Waals surface area contributed by atoms with Crippen LogP contribution in [0.2, 0.25) is 0 Å². The van der Waals surface area contributed by atoms with E-state index in [-0.39, 0.29) is 10.6 Å². The van der Waals surface area contributed by atoms with Gasteiger partial charge >= 0.3 is 0 Å². The lowest BCUT2D eigenvalue weighted by atomic mass is 10.3. The number of nitrogens with one attached hydrogen (secondary N) is 1. The first-order valence-corrected chi connectivity index (χ1v) is 7.54. The van der Waals surface area contributed by atoms with Crippen molar-refractivity contribution < 1.29 is 18.3 Å². The highest BCUT2D eigenvalue weighted by Crippen LogP contribution is 2.22. The summed E-state index contributed by atoms with van der Waals surface area (Å²) in [6, 6.07) is 12.2. The molecule has 0 aliphatic rings. The molecule has 0 aliphatic heterocycles. The van der Waals surface area contributed by atoms with Gasteiger partial charge in [0.05, 0.1) is 17.2 Å². The summed E-state index contributed by atoms with van der Waals surface area (Å²) in [5.41, 5.74) is 0.402. The molecule has 0 spiro atoms. The van der Waals surface area contributed by atoms with Crippen LogP contribution in [-0.4, -0.2) is 20.1 Å². The van der Waals surface area contributed by atoms with Gasteiger partial charge in [0, 0.05) is 12.1 Å². The van der Waals surface area contributed by atoms with E-state index >= 15 is 0 Å². The molecule has 6 heteroatoms. The molecule has 106 valence electrons. The molecule has 0 bridgehead atoms. The van der Waals surface area contributed by atoms with E-state index in [1.165, 1.54) is 24.3 Å². The minimum absolute atomic E-state index is 0.000636. The van der Waals surface area contributed by atoms with Crippen molar-refractivity contribution >= 4 is 15.7 Å². The molecular formula is C14H15NO4S. The van der Waals surface area contributed by atoms with E-state index in [2.05, 4.69) is 4.72 Å². The van der Waals surface area contributed by atoms with Gasteiger partial charge in [-0.25, -0.2) is 8.42 Å². The first kappa shape index (κ1) is 14.2. The Kier molecular flexibility index (Phi) is 4.14. The van der Waals surface area contributed by atoms with Gasteiger partial charge in [-0.15, -0.1) is 0 Å². The molecule has 0 fully saturated rings. The van der Waals surface area contributed by atoms with E-state index in [0.29, 0.717) is 18.0 Å². The van der Waals surface area contributed by atoms with Crippen LogP contribution < -0.4 is 9.46 Å². The molecule has 0 heterocycles. The molecule has 5 nitrogen and oxygen atoms in total. The third kappa shape index (κ3) is 3.42. The molecule has 0 radical (unpaired) electrons. The van der Waals surface area contributed by atoms with E-state index in [0.717, 1.165) is 0 Å². The standard InChI is InChI=1S/C14H15NO4S/c1-2-19-13-7-3-5-11(9-13)15-20(17,18)14-8-4-6-12(16)10-14/h3-10,15-16H,2H2,1H3. The molecule has 2 N–H and O–H groups in total. The number of ether oxygens (including phenoxy) is 1. The Morgan fingerprint density at radius 1 is 1.15 bits per heavy atom. The molecule has 0 aliphatic carbocycles. The Morgan fingerprint density at radius 3 is 2.60 bits per heavy atom. The van der Waals surface area contributed by atoms with Gasteiger partial charge < -0.3 is 9.84 Å². The number of sulfonamides is 1. The molecule has 2 aromatic carbocycles. The average molecular weight is 293 g/mol. The number of rotatable bonds is 5. The zero-order chi connectivity index (χ0) is 14.6. The molecule has 0 unspecified atom stereocenters. The minimum Gasteiger partial charge on any atom is -0.508 e. The number of anilines is 1. The maximum Gasteiger partial charge on any atom is 0.262 e. The second-order valence-electron chi connectivity index (χ2n) is 4.06. The minimum atomic E-state index is -3.73. The van der Waals surface area contributed by atoms with Gasteiger partial charge in [0.25, 0.3) is 10.0 Å². The van der Waals surface area contributed by atoms with Crippen molar-refractivity contribution in [1.82, 2.24) is 0 Å². The Labute approximate surface area is 117 Å². The van der Waals surface area contributed by atoms with E-state index in [9.17, 15) is 13.5 Å². The van der Waals surface area contributed by atoms with Crippen LogP contribution >= 0.6 is 0 Å². The number of aromatic hydroxyl groups is 1. The van der Waals surface area contributed by atoms with Crippen LogP contribution in [0.3, 0.4) is 0 Å². The highest BCUT2D eigenvalue weighted by Gasteiger charge is 2.14. The van der Waals surface area contributed by atoms with E-state index in [1.807, 2.05) is 6.92 Å². The number of phenolic OH excluding ortho intramolecular Hbond substituents is 1. The smallest absolute Gasteiger partial charge is 0.262 e. The summed E-state index contributed by atoms with van der Waals surface area (Å²) in [7, 11) is -3.73. The first-order valence-electron chi connectivity index (χ1n) is 6.06. The van der Waals surface area contributed by atoms with Crippen LogP contribution in [0.5, 0.6) is 11.5 Å². The van der Waals surface area contributed by atoms with Crippen molar-refractivity contribution in [1.29, 1.82) is 0 Å². The second kappa shape index (κ2) is 5.83. The van der Waals surface area contributed by atoms with Gasteiger partial charge in [-0.05, 0) is 31.2 Å². The van der Waals surface area contributed by atoms with Crippen LogP contribution in [0, 0.1) is 0 Å². The second-order valence-corrected chi connectivity index (χ2v) is 5.75. The van der Waals surface area contributed by atoms with E-state index in [1.54, 1.807) is 24.3 Å². The fraction of sp³-hybridized carbons (Fsp3) is 0.143. The quantitative estimate of drug-likeness (QED) is 0.888. The van der Waals surface area contributed by atoms with Crippen molar-refractivity contribution in [3.8, 4) is 11.5 Å². The fourth-order valence-corrected chi connectivity index (χ4v) is 2.77. The summed E-state index contributed by atoms with van der Waals surface area (Å²) >= 11 is 0. The van der Waals surface area contributed by atoms with Crippen LogP contribution in [0.4, 0.5) is 5.69 Å². The van der Waals surface area contributed by atoms with Gasteiger partial charge in [-0.1, -0.05) is 12.1 Å². The zero-order valence-corrected chi connectivity index (χ0v) is 11.7. The van der Waals surface area contributed by atoms with Crippen molar-refractivity contribution in [2.45, 2.75) is 11.8 Å². The van der Waals surface area contributed by atoms with Gasteiger partial charge in [0.1, 0.15) is 11.5 Å². The largest absolute Gasteiger partial charge is 0.508 e. The highest BCUT2D eigenvalue weighted by atomic mass is 32.2. The van der Waals surface area contributed by atoms with Crippen LogP contribution in [-0.2, 0) is 10.0 Å². The van der Waals surface area contributed by atoms with Crippen molar-refractivity contribution in [3.63, 3.8) is 0 Å². The van der Waals surface area contributed by atoms with Gasteiger partial charge in [-0.3, -0.25) is 4.72 Å². The Bertz CT molecular complexity index is 698. The molecule has 0 saturated heterocycles. The first-order chi connectivity index (χ1) is 9.51. The predicted octanol–water partition coefficient (Wildman–Crippen LogP) is 2.59. The summed E-state index contributed by atoms with van der Waals surface area (Å²) < 4.78 is 32.1. The highest BCUT2D eigenvalue weighted by molar-refractivity contribution is 7.92. The summed E-state index contributed by atoms with van der Waals surface area (Å²) in [4.78, 5) is -0.000636. The van der Waals surface area contributed by atoms with Crippen LogP contribution in [0.25, 0.3) is 0 Å². The Hall–Kier alpha value is -2.21. The molecular weight excluding hydrogens is 278 g/mol. The SMILES string of the molecule is CCOc1cccc(NS(=O)(=O)c2cccc(O)c2)c1. The van der Waals surface area contributed by atoms with Crippen molar-refractivity contribution in [2.24, 2.45) is 0 Å². The predicted molar refractivity (Wildman–Crippen MR) is 76.5 cm³/mol. The lowest BCUT2D eigenvalue weighted by Crippen LogP contribution is -2.12. The molecule has 20 heavy (non-hydrogen) atoms. The maximum atomic E-state index is 12.2. The Balaban J connectivity index is 2.26. The lowest BCUT2D eigenvalue weighted by molar-refractivity contribution is 0.340. The third-order valence-electron chi connectivity index (χ3n) is 2.53. The molecule has 2 rings (SSSR count). The average Bonchev–Trinajstić information content (AvgIpc) is 2.39. The monoisotopic (exact) mass is 293 g/mol. The van der Waals surface area contributed by atoms with Crippen molar-refractivity contribution in [3.05, 3.63) is 48.5 Å². The summed E-state index contributed by atoms with van der Waals surface area (Å²) in [6.07, 6.45) is 0. The fourth-order valence-electron chi connectivity index (χ4n) is 1.68.